The van der Waals surface area contributed by atoms with Gasteiger partial charge in [0.2, 0.25) is 0 Å². The van der Waals surface area contributed by atoms with Crippen molar-refractivity contribution >= 4 is 5.91 Å². The van der Waals surface area contributed by atoms with Gasteiger partial charge in [0.15, 0.2) is 0 Å². The number of aromatic nitrogens is 2. The van der Waals surface area contributed by atoms with E-state index in [2.05, 4.69) is 9.97 Å². The van der Waals surface area contributed by atoms with Gasteiger partial charge in [-0.15, -0.1) is 0 Å². The molecule has 2 aromatic rings. The van der Waals surface area contributed by atoms with Crippen molar-refractivity contribution in [3.8, 4) is 0 Å². The van der Waals surface area contributed by atoms with Crippen LogP contribution in [0, 0.1) is 12.7 Å². The van der Waals surface area contributed by atoms with Gasteiger partial charge in [-0.25, -0.2) is 14.4 Å². The average molecular weight is 345 g/mol. The quantitative estimate of drug-likeness (QED) is 0.906. The number of rotatable bonds is 4. The van der Waals surface area contributed by atoms with Crippen molar-refractivity contribution in [3.63, 3.8) is 0 Å². The fourth-order valence-corrected chi connectivity index (χ4v) is 3.04. The Morgan fingerprint density at radius 2 is 2.24 bits per heavy atom. The molecule has 132 valence electrons. The van der Waals surface area contributed by atoms with Crippen molar-refractivity contribution in [1.29, 1.82) is 0 Å². The zero-order valence-corrected chi connectivity index (χ0v) is 14.0. The molecule has 0 saturated carbocycles. The van der Waals surface area contributed by atoms with Gasteiger partial charge in [-0.05, 0) is 18.6 Å². The third-order valence-electron chi connectivity index (χ3n) is 4.44. The van der Waals surface area contributed by atoms with Crippen LogP contribution in [0.25, 0.3) is 0 Å². The van der Waals surface area contributed by atoms with Gasteiger partial charge < -0.3 is 14.7 Å². The molecule has 3 rings (SSSR count). The van der Waals surface area contributed by atoms with E-state index >= 15 is 0 Å². The van der Waals surface area contributed by atoms with Crippen LogP contribution in [-0.2, 0) is 11.2 Å². The van der Waals surface area contributed by atoms with Crippen LogP contribution >= 0.6 is 0 Å². The van der Waals surface area contributed by atoms with Gasteiger partial charge in [-0.3, -0.25) is 4.79 Å². The van der Waals surface area contributed by atoms with Crippen molar-refractivity contribution in [3.05, 3.63) is 59.4 Å². The fourth-order valence-electron chi connectivity index (χ4n) is 3.04. The maximum absolute atomic E-state index is 14.0. The Bertz CT molecular complexity index is 771. The first kappa shape index (κ1) is 17.4. The molecule has 25 heavy (non-hydrogen) atoms. The highest BCUT2D eigenvalue weighted by Gasteiger charge is 2.39. The second-order valence-electron chi connectivity index (χ2n) is 6.21. The molecule has 1 amide bonds. The lowest BCUT2D eigenvalue weighted by Crippen LogP contribution is -2.57. The van der Waals surface area contributed by atoms with Gasteiger partial charge in [0.05, 0.1) is 31.0 Å². The summed E-state index contributed by atoms with van der Waals surface area (Å²) in [6, 6.07) is 6.38. The molecule has 0 aliphatic carbocycles. The Balaban J connectivity index is 1.82. The minimum atomic E-state index is -1.03. The minimum absolute atomic E-state index is 0.172. The van der Waals surface area contributed by atoms with Crippen LogP contribution in [0.15, 0.2) is 36.8 Å². The maximum atomic E-state index is 14.0. The van der Waals surface area contributed by atoms with Gasteiger partial charge in [-0.2, -0.15) is 0 Å². The van der Waals surface area contributed by atoms with Crippen LogP contribution in [0.4, 0.5) is 4.39 Å². The number of nitrogens with zero attached hydrogens (tertiary/aromatic N) is 3. The first-order valence-electron chi connectivity index (χ1n) is 8.09. The first-order chi connectivity index (χ1) is 12.0. The summed E-state index contributed by atoms with van der Waals surface area (Å²) in [4.78, 5) is 22.3. The van der Waals surface area contributed by atoms with Crippen LogP contribution in [-0.4, -0.2) is 57.8 Å². The number of amides is 1. The number of aliphatic hydroxyl groups excluding tert-OH is 1. The van der Waals surface area contributed by atoms with Crippen LogP contribution in [0.2, 0.25) is 0 Å². The van der Waals surface area contributed by atoms with E-state index in [4.69, 9.17) is 4.74 Å². The number of carbonyl (C=O) groups is 1. The summed E-state index contributed by atoms with van der Waals surface area (Å²) in [7, 11) is 0. The van der Waals surface area contributed by atoms with Gasteiger partial charge >= 0.3 is 0 Å². The molecular formula is C18H20FN3O3. The number of aryl methyl sites for hydroxylation is 1. The molecule has 1 aliphatic rings. The van der Waals surface area contributed by atoms with Gasteiger partial charge in [-0.1, -0.05) is 18.2 Å². The van der Waals surface area contributed by atoms with Crippen molar-refractivity contribution < 1.29 is 19.0 Å². The Labute approximate surface area is 145 Å². The van der Waals surface area contributed by atoms with Crippen molar-refractivity contribution in [2.75, 3.05) is 26.3 Å². The summed E-state index contributed by atoms with van der Waals surface area (Å²) >= 11 is 0. The lowest BCUT2D eigenvalue weighted by Gasteiger charge is -2.42. The SMILES string of the molecule is Cc1ncncc1C(=O)N1CCOC(CO)(Cc2ccccc2F)C1. The lowest BCUT2D eigenvalue weighted by atomic mass is 9.92. The van der Waals surface area contributed by atoms with E-state index in [1.54, 1.807) is 30.0 Å². The number of hydrogen-bond acceptors (Lipinski definition) is 5. The Hall–Kier alpha value is -2.38. The molecule has 1 N–H and O–H groups in total. The predicted octanol–water partition coefficient (Wildman–Crippen LogP) is 1.37. The first-order valence-corrected chi connectivity index (χ1v) is 8.09. The van der Waals surface area contributed by atoms with Crippen molar-refractivity contribution in [1.82, 2.24) is 14.9 Å². The third kappa shape index (κ3) is 3.67. The highest BCUT2D eigenvalue weighted by Crippen LogP contribution is 2.25. The number of aliphatic hydroxyl groups is 1. The minimum Gasteiger partial charge on any atom is -0.393 e. The summed E-state index contributed by atoms with van der Waals surface area (Å²) in [5.74, 6) is -0.567. The van der Waals surface area contributed by atoms with E-state index in [-0.39, 0.29) is 37.9 Å². The van der Waals surface area contributed by atoms with Crippen LogP contribution in [0.1, 0.15) is 21.6 Å². The molecular weight excluding hydrogens is 325 g/mol. The topological polar surface area (TPSA) is 75.6 Å². The molecule has 1 fully saturated rings. The molecule has 1 unspecified atom stereocenters. The summed E-state index contributed by atoms with van der Waals surface area (Å²) in [6.07, 6.45) is 3.06. The van der Waals surface area contributed by atoms with Gasteiger partial charge in [0.1, 0.15) is 17.7 Å². The Kier molecular flexibility index (Phi) is 5.06. The fraction of sp³-hybridized carbons (Fsp3) is 0.389. The second-order valence-corrected chi connectivity index (χ2v) is 6.21. The average Bonchev–Trinajstić information content (AvgIpc) is 2.64. The number of morpholine rings is 1. The van der Waals surface area contributed by atoms with Crippen molar-refractivity contribution in [2.45, 2.75) is 18.9 Å². The summed E-state index contributed by atoms with van der Waals surface area (Å²) in [5, 5.41) is 9.91. The highest BCUT2D eigenvalue weighted by molar-refractivity contribution is 5.95. The molecule has 1 aromatic carbocycles. The van der Waals surface area contributed by atoms with Crippen LogP contribution in [0.5, 0.6) is 0 Å². The van der Waals surface area contributed by atoms with Crippen LogP contribution < -0.4 is 0 Å². The summed E-state index contributed by atoms with van der Waals surface area (Å²) in [5.41, 5.74) is 0.432. The molecule has 7 heteroatoms. The lowest BCUT2D eigenvalue weighted by molar-refractivity contribution is -0.124. The smallest absolute Gasteiger partial charge is 0.257 e. The molecule has 2 heterocycles. The largest absolute Gasteiger partial charge is 0.393 e. The number of ether oxygens (including phenoxy) is 1. The summed E-state index contributed by atoms with van der Waals surface area (Å²) < 4.78 is 19.8. The van der Waals surface area contributed by atoms with Gasteiger partial charge in [0.25, 0.3) is 5.91 Å². The summed E-state index contributed by atoms with van der Waals surface area (Å²) in [6.45, 7) is 2.27. The second kappa shape index (κ2) is 7.25. The number of hydrogen-bond donors (Lipinski definition) is 1. The normalized spacial score (nSPS) is 20.5. The van der Waals surface area contributed by atoms with Crippen molar-refractivity contribution in [2.24, 2.45) is 0 Å². The van der Waals surface area contributed by atoms with E-state index in [1.165, 1.54) is 18.6 Å². The molecule has 0 radical (unpaired) electrons. The zero-order valence-electron chi connectivity index (χ0n) is 14.0. The maximum Gasteiger partial charge on any atom is 0.257 e. The number of carbonyl (C=O) groups excluding carboxylic acids is 1. The number of halogens is 1. The standard InChI is InChI=1S/C18H20FN3O3/c1-13-15(9-20-12-21-13)17(24)22-6-7-25-18(10-22,11-23)8-14-4-2-3-5-16(14)19/h2-5,9,12,23H,6-8,10-11H2,1H3. The molecule has 1 atom stereocenters. The van der Waals surface area contributed by atoms with E-state index < -0.39 is 5.60 Å². The monoisotopic (exact) mass is 345 g/mol. The highest BCUT2D eigenvalue weighted by atomic mass is 19.1. The van der Waals surface area contributed by atoms with Crippen LogP contribution in [0.3, 0.4) is 0 Å². The van der Waals surface area contributed by atoms with E-state index in [0.717, 1.165) is 0 Å². The predicted molar refractivity (Wildman–Crippen MR) is 88.5 cm³/mol. The molecule has 0 bridgehead atoms. The van der Waals surface area contributed by atoms with E-state index in [9.17, 15) is 14.3 Å². The van der Waals surface area contributed by atoms with E-state index in [1.807, 2.05) is 0 Å². The Morgan fingerprint density at radius 1 is 1.44 bits per heavy atom. The van der Waals surface area contributed by atoms with Gasteiger partial charge in [0, 0.05) is 19.2 Å². The Morgan fingerprint density at radius 3 is 2.96 bits per heavy atom. The molecule has 1 aromatic heterocycles. The zero-order chi connectivity index (χ0) is 17.9. The third-order valence-corrected chi connectivity index (χ3v) is 4.44. The molecule has 6 nitrogen and oxygen atoms in total. The molecule has 1 saturated heterocycles. The molecule has 1 aliphatic heterocycles. The molecule has 0 spiro atoms. The number of benzene rings is 1. The van der Waals surface area contributed by atoms with E-state index in [0.29, 0.717) is 23.4 Å².